The van der Waals surface area contributed by atoms with Crippen molar-refractivity contribution in [1.29, 1.82) is 0 Å². The number of nitro benzene ring substituents is 1. The third-order valence-corrected chi connectivity index (χ3v) is 7.40. The molecule has 4 rings (SSSR count). The Kier molecular flexibility index (Phi) is 5.97. The van der Waals surface area contributed by atoms with Gasteiger partial charge in [0.25, 0.3) is 15.7 Å². The van der Waals surface area contributed by atoms with Crippen LogP contribution in [0.2, 0.25) is 0 Å². The normalized spacial score (nSPS) is 11.4. The molecule has 12 heteroatoms. The van der Waals surface area contributed by atoms with E-state index in [4.69, 9.17) is 14.2 Å². The van der Waals surface area contributed by atoms with Crippen molar-refractivity contribution in [1.82, 2.24) is 9.19 Å². The standard InChI is InChI=1S/C20H17N3O7S2/c1-28-16-8-9-18-17(13-16)20(21-22(18)32(26,27)19-3-2-12-31-19)30-11-10-29-15-6-4-14(5-7-15)23(24)25/h2-9,12-13H,10-11H2,1H3. The molecule has 2 aromatic heterocycles. The van der Waals surface area contributed by atoms with Crippen LogP contribution < -0.4 is 14.2 Å². The highest BCUT2D eigenvalue weighted by atomic mass is 32.2. The van der Waals surface area contributed by atoms with E-state index in [9.17, 15) is 18.5 Å². The Hall–Kier alpha value is -3.64. The van der Waals surface area contributed by atoms with Gasteiger partial charge in [0.15, 0.2) is 0 Å². The fourth-order valence-corrected chi connectivity index (χ4v) is 5.25. The summed E-state index contributed by atoms with van der Waals surface area (Å²) in [6.45, 7) is 0.188. The zero-order valence-corrected chi connectivity index (χ0v) is 18.3. The molecule has 32 heavy (non-hydrogen) atoms. The summed E-state index contributed by atoms with van der Waals surface area (Å²) in [4.78, 5) is 10.2. The highest BCUT2D eigenvalue weighted by Crippen LogP contribution is 2.32. The van der Waals surface area contributed by atoms with Crippen LogP contribution in [-0.2, 0) is 10.0 Å². The Bertz CT molecular complexity index is 1350. The van der Waals surface area contributed by atoms with Crippen LogP contribution in [0.25, 0.3) is 10.9 Å². The highest BCUT2D eigenvalue weighted by Gasteiger charge is 2.25. The van der Waals surface area contributed by atoms with Crippen molar-refractivity contribution in [3.05, 3.63) is 70.1 Å². The average Bonchev–Trinajstić information content (AvgIpc) is 3.46. The van der Waals surface area contributed by atoms with Gasteiger partial charge < -0.3 is 14.2 Å². The first-order valence-corrected chi connectivity index (χ1v) is 11.6. The van der Waals surface area contributed by atoms with Crippen LogP contribution in [0.3, 0.4) is 0 Å². The van der Waals surface area contributed by atoms with E-state index in [0.29, 0.717) is 22.4 Å². The molecule has 0 aliphatic heterocycles. The van der Waals surface area contributed by atoms with Crippen molar-refractivity contribution < 1.29 is 27.6 Å². The van der Waals surface area contributed by atoms with Crippen LogP contribution in [0.5, 0.6) is 17.4 Å². The summed E-state index contributed by atoms with van der Waals surface area (Å²) < 4.78 is 43.6. The molecule has 2 aromatic carbocycles. The first kappa shape index (κ1) is 21.6. The van der Waals surface area contributed by atoms with Crippen molar-refractivity contribution >= 4 is 38.0 Å². The number of hydrogen-bond donors (Lipinski definition) is 0. The maximum absolute atomic E-state index is 13.0. The SMILES string of the molecule is COc1ccc2c(c1)c(OCCOc1ccc([N+](=O)[O-])cc1)nn2S(=O)(=O)c1cccs1. The lowest BCUT2D eigenvalue weighted by Crippen LogP contribution is -2.14. The summed E-state index contributed by atoms with van der Waals surface area (Å²) in [5.74, 6) is 1.08. The minimum atomic E-state index is -3.89. The van der Waals surface area contributed by atoms with E-state index in [1.54, 1.807) is 29.6 Å². The lowest BCUT2D eigenvalue weighted by atomic mass is 10.2. The fraction of sp³-hybridized carbons (Fsp3) is 0.150. The Morgan fingerprint density at radius 2 is 1.78 bits per heavy atom. The quantitative estimate of drug-likeness (QED) is 0.204. The average molecular weight is 476 g/mol. The molecule has 2 heterocycles. The molecule has 0 saturated heterocycles. The molecule has 0 aliphatic carbocycles. The van der Waals surface area contributed by atoms with E-state index in [0.717, 1.165) is 15.4 Å². The molecular formula is C20H17N3O7S2. The van der Waals surface area contributed by atoms with E-state index in [1.165, 1.54) is 37.4 Å². The van der Waals surface area contributed by atoms with Gasteiger partial charge in [-0.25, -0.2) is 0 Å². The number of ether oxygens (including phenoxy) is 3. The molecule has 0 unspecified atom stereocenters. The van der Waals surface area contributed by atoms with Gasteiger partial charge in [0, 0.05) is 12.1 Å². The minimum absolute atomic E-state index is 0.0356. The van der Waals surface area contributed by atoms with Gasteiger partial charge in [0.05, 0.1) is 22.9 Å². The summed E-state index contributed by atoms with van der Waals surface area (Å²) in [5.41, 5.74) is 0.317. The summed E-state index contributed by atoms with van der Waals surface area (Å²) in [6, 6.07) is 13.7. The molecule has 4 aromatic rings. The maximum atomic E-state index is 13.0. The van der Waals surface area contributed by atoms with Crippen LogP contribution in [0, 0.1) is 10.1 Å². The van der Waals surface area contributed by atoms with Crippen molar-refractivity contribution in [2.45, 2.75) is 4.21 Å². The number of aromatic nitrogens is 2. The second kappa shape index (κ2) is 8.85. The molecule has 0 amide bonds. The van der Waals surface area contributed by atoms with Gasteiger partial charge in [0.1, 0.15) is 28.9 Å². The maximum Gasteiger partial charge on any atom is 0.293 e. The molecule has 0 radical (unpaired) electrons. The van der Waals surface area contributed by atoms with Crippen LogP contribution in [0.15, 0.2) is 64.2 Å². The lowest BCUT2D eigenvalue weighted by molar-refractivity contribution is -0.384. The van der Waals surface area contributed by atoms with Gasteiger partial charge in [-0.15, -0.1) is 20.5 Å². The van der Waals surface area contributed by atoms with E-state index in [-0.39, 0.29) is 29.0 Å². The number of thiophene rings is 1. The Morgan fingerprint density at radius 3 is 2.44 bits per heavy atom. The molecule has 0 N–H and O–H groups in total. The van der Waals surface area contributed by atoms with Gasteiger partial charge in [-0.3, -0.25) is 10.1 Å². The number of hydrogen-bond acceptors (Lipinski definition) is 9. The van der Waals surface area contributed by atoms with Crippen LogP contribution >= 0.6 is 11.3 Å². The van der Waals surface area contributed by atoms with E-state index in [2.05, 4.69) is 5.10 Å². The first-order chi connectivity index (χ1) is 15.4. The highest BCUT2D eigenvalue weighted by molar-refractivity contribution is 7.92. The number of fused-ring (bicyclic) bond motifs is 1. The Balaban J connectivity index is 1.55. The molecular weight excluding hydrogens is 458 g/mol. The second-order valence-corrected chi connectivity index (χ2v) is 9.36. The fourth-order valence-electron chi connectivity index (χ4n) is 2.92. The van der Waals surface area contributed by atoms with Crippen LogP contribution in [0.1, 0.15) is 0 Å². The third-order valence-electron chi connectivity index (χ3n) is 4.44. The monoisotopic (exact) mass is 475 g/mol. The van der Waals surface area contributed by atoms with Crippen molar-refractivity contribution in [3.63, 3.8) is 0 Å². The number of rotatable bonds is 9. The third kappa shape index (κ3) is 4.22. The summed E-state index contributed by atoms with van der Waals surface area (Å²) >= 11 is 1.10. The molecule has 0 aliphatic rings. The molecule has 0 bridgehead atoms. The summed E-state index contributed by atoms with van der Waals surface area (Å²) in [7, 11) is -2.38. The van der Waals surface area contributed by atoms with Gasteiger partial charge in [0.2, 0.25) is 5.88 Å². The van der Waals surface area contributed by atoms with Crippen LogP contribution in [0.4, 0.5) is 5.69 Å². The number of benzene rings is 2. The number of methoxy groups -OCH3 is 1. The molecule has 166 valence electrons. The number of nitrogens with zero attached hydrogens (tertiary/aromatic N) is 3. The number of nitro groups is 1. The first-order valence-electron chi connectivity index (χ1n) is 9.26. The molecule has 10 nitrogen and oxygen atoms in total. The predicted octanol–water partition coefficient (Wildman–Crippen LogP) is 3.71. The molecule has 0 spiro atoms. The van der Waals surface area contributed by atoms with Gasteiger partial charge in [-0.05, 0) is 41.8 Å². The zero-order chi connectivity index (χ0) is 22.7. The second-order valence-electron chi connectivity index (χ2n) is 6.42. The Morgan fingerprint density at radius 1 is 1.06 bits per heavy atom. The van der Waals surface area contributed by atoms with E-state index < -0.39 is 14.9 Å². The summed E-state index contributed by atoms with van der Waals surface area (Å²) in [5, 5.41) is 17.1. The van der Waals surface area contributed by atoms with E-state index >= 15 is 0 Å². The topological polar surface area (TPSA) is 123 Å². The molecule has 0 atom stereocenters. The van der Waals surface area contributed by atoms with Crippen molar-refractivity contribution in [3.8, 4) is 17.4 Å². The van der Waals surface area contributed by atoms with Gasteiger partial charge in [-0.2, -0.15) is 8.42 Å². The van der Waals surface area contributed by atoms with Gasteiger partial charge in [-0.1, -0.05) is 6.07 Å². The smallest absolute Gasteiger partial charge is 0.293 e. The van der Waals surface area contributed by atoms with Crippen LogP contribution in [-0.4, -0.2) is 42.9 Å². The largest absolute Gasteiger partial charge is 0.497 e. The van der Waals surface area contributed by atoms with Gasteiger partial charge >= 0.3 is 0 Å². The van der Waals surface area contributed by atoms with Crippen molar-refractivity contribution in [2.75, 3.05) is 20.3 Å². The number of non-ortho nitro benzene ring substituents is 1. The minimum Gasteiger partial charge on any atom is -0.497 e. The van der Waals surface area contributed by atoms with Crippen molar-refractivity contribution in [2.24, 2.45) is 0 Å². The zero-order valence-electron chi connectivity index (χ0n) is 16.7. The summed E-state index contributed by atoms with van der Waals surface area (Å²) in [6.07, 6.45) is 0. The molecule has 0 saturated carbocycles. The Labute approximate surface area is 186 Å². The predicted molar refractivity (Wildman–Crippen MR) is 117 cm³/mol. The lowest BCUT2D eigenvalue weighted by Gasteiger charge is -2.07. The van der Waals surface area contributed by atoms with E-state index in [1.807, 2.05) is 0 Å². The molecule has 0 fully saturated rings.